The smallest absolute Gasteiger partial charge is 0.255 e. The average Bonchev–Trinajstić information content (AvgIpc) is 3.26. The summed E-state index contributed by atoms with van der Waals surface area (Å²) in [6.07, 6.45) is 4.41. The minimum atomic E-state index is -0.591. The number of carbonyl (C=O) groups excluding carboxylic acids is 3. The first-order valence-corrected chi connectivity index (χ1v) is 10.7. The number of likely N-dealkylation sites (tertiary alicyclic amines) is 1. The number of piperidine rings is 1. The third kappa shape index (κ3) is 3.37. The first-order chi connectivity index (χ1) is 14.5. The highest BCUT2D eigenvalue weighted by atomic mass is 16.5. The van der Waals surface area contributed by atoms with Crippen LogP contribution in [0.25, 0.3) is 0 Å². The highest BCUT2D eigenvalue weighted by Crippen LogP contribution is 2.34. The van der Waals surface area contributed by atoms with Crippen molar-refractivity contribution >= 4 is 17.7 Å². The fraction of sp³-hybridized carbons (Fsp3) is 0.591. The molecule has 3 amide bonds. The van der Waals surface area contributed by atoms with Gasteiger partial charge in [0.05, 0.1) is 6.10 Å². The molecule has 1 N–H and O–H groups in total. The maximum Gasteiger partial charge on any atom is 0.255 e. The van der Waals surface area contributed by atoms with Crippen LogP contribution < -0.4 is 10.1 Å². The molecule has 1 aromatic carbocycles. The summed E-state index contributed by atoms with van der Waals surface area (Å²) in [5.41, 5.74) is 1.49. The minimum absolute atomic E-state index is 0.143. The Kier molecular flexibility index (Phi) is 4.99. The Hall–Kier alpha value is -2.45. The van der Waals surface area contributed by atoms with Crippen LogP contribution in [0.4, 0.5) is 0 Å². The van der Waals surface area contributed by atoms with Crippen molar-refractivity contribution in [2.75, 3.05) is 20.2 Å². The molecule has 1 saturated carbocycles. The Morgan fingerprint density at radius 1 is 1.10 bits per heavy atom. The number of hydrogen-bond acceptors (Lipinski definition) is 6. The molecule has 0 aromatic heterocycles. The van der Waals surface area contributed by atoms with Crippen molar-refractivity contribution in [3.8, 4) is 5.75 Å². The molecule has 3 heterocycles. The number of methoxy groups -OCH3 is 1. The van der Waals surface area contributed by atoms with Crippen LogP contribution in [-0.2, 0) is 20.9 Å². The summed E-state index contributed by atoms with van der Waals surface area (Å²) in [4.78, 5) is 40.5. The number of nitrogens with one attached hydrogen (secondary N) is 1. The molecule has 1 aromatic rings. The fourth-order valence-corrected chi connectivity index (χ4v) is 5.15. The van der Waals surface area contributed by atoms with Crippen LogP contribution in [0.1, 0.15) is 48.0 Å². The lowest BCUT2D eigenvalue weighted by Crippen LogP contribution is -2.58. The SMILES string of the molecule is COC1CN([C@@H]2CCC[C@H]2Oc2ccc3c(c2)CN(C2CCC(=O)NC2=O)C3=O)C1. The van der Waals surface area contributed by atoms with E-state index in [1.54, 1.807) is 18.1 Å². The zero-order valence-corrected chi connectivity index (χ0v) is 17.1. The Bertz CT molecular complexity index is 882. The molecule has 3 atom stereocenters. The van der Waals surface area contributed by atoms with Crippen molar-refractivity contribution < 1.29 is 23.9 Å². The van der Waals surface area contributed by atoms with Gasteiger partial charge in [-0.25, -0.2) is 0 Å². The molecular formula is C22H27N3O5. The van der Waals surface area contributed by atoms with Crippen molar-refractivity contribution in [2.45, 2.75) is 62.9 Å². The van der Waals surface area contributed by atoms with Gasteiger partial charge in [-0.1, -0.05) is 0 Å². The van der Waals surface area contributed by atoms with Gasteiger partial charge in [0.25, 0.3) is 5.91 Å². The maximum absolute atomic E-state index is 12.8. The summed E-state index contributed by atoms with van der Waals surface area (Å²) in [6.45, 7) is 2.29. The molecule has 8 heteroatoms. The average molecular weight is 413 g/mol. The Labute approximate surface area is 175 Å². The lowest BCUT2D eigenvalue weighted by molar-refractivity contribution is -0.136. The van der Waals surface area contributed by atoms with Crippen molar-refractivity contribution in [3.63, 3.8) is 0 Å². The molecule has 8 nitrogen and oxygen atoms in total. The van der Waals surface area contributed by atoms with E-state index in [0.29, 0.717) is 30.7 Å². The van der Waals surface area contributed by atoms with Crippen LogP contribution in [0.5, 0.6) is 5.75 Å². The van der Waals surface area contributed by atoms with Gasteiger partial charge in [0.15, 0.2) is 0 Å². The molecular weight excluding hydrogens is 386 g/mol. The van der Waals surface area contributed by atoms with Gasteiger partial charge >= 0.3 is 0 Å². The topological polar surface area (TPSA) is 88.2 Å². The predicted octanol–water partition coefficient (Wildman–Crippen LogP) is 1.08. The Balaban J connectivity index is 1.26. The van der Waals surface area contributed by atoms with E-state index in [2.05, 4.69) is 10.2 Å². The lowest BCUT2D eigenvalue weighted by Gasteiger charge is -2.44. The first kappa shape index (κ1) is 19.5. The second-order valence-electron chi connectivity index (χ2n) is 8.69. The molecule has 1 aliphatic carbocycles. The molecule has 2 saturated heterocycles. The van der Waals surface area contributed by atoms with Crippen LogP contribution in [0, 0.1) is 0 Å². The molecule has 4 aliphatic rings. The Morgan fingerprint density at radius 2 is 1.93 bits per heavy atom. The highest BCUT2D eigenvalue weighted by molar-refractivity contribution is 6.05. The van der Waals surface area contributed by atoms with E-state index in [1.807, 2.05) is 12.1 Å². The van der Waals surface area contributed by atoms with Gasteiger partial charge in [-0.05, 0) is 49.4 Å². The van der Waals surface area contributed by atoms with Crippen molar-refractivity contribution in [2.24, 2.45) is 0 Å². The summed E-state index contributed by atoms with van der Waals surface area (Å²) in [5.74, 6) is -0.0498. The number of ether oxygens (including phenoxy) is 2. The zero-order chi connectivity index (χ0) is 20.8. The van der Waals surface area contributed by atoms with Crippen molar-refractivity contribution in [3.05, 3.63) is 29.3 Å². The summed E-state index contributed by atoms with van der Waals surface area (Å²) >= 11 is 0. The van der Waals surface area contributed by atoms with E-state index in [1.165, 1.54) is 0 Å². The van der Waals surface area contributed by atoms with Crippen molar-refractivity contribution in [1.82, 2.24) is 15.1 Å². The molecule has 0 spiro atoms. The molecule has 3 fully saturated rings. The summed E-state index contributed by atoms with van der Waals surface area (Å²) in [6, 6.07) is 5.40. The fourth-order valence-electron chi connectivity index (χ4n) is 5.15. The molecule has 0 radical (unpaired) electrons. The van der Waals surface area contributed by atoms with Gasteiger partial charge < -0.3 is 14.4 Å². The number of benzene rings is 1. The zero-order valence-electron chi connectivity index (χ0n) is 17.1. The number of rotatable bonds is 5. The second kappa shape index (κ2) is 7.67. The minimum Gasteiger partial charge on any atom is -0.489 e. The monoisotopic (exact) mass is 413 g/mol. The lowest BCUT2D eigenvalue weighted by atomic mass is 10.0. The number of imide groups is 1. The van der Waals surface area contributed by atoms with Gasteiger partial charge in [-0.2, -0.15) is 0 Å². The van der Waals surface area contributed by atoms with E-state index < -0.39 is 6.04 Å². The molecule has 5 rings (SSSR count). The highest BCUT2D eigenvalue weighted by Gasteiger charge is 2.41. The molecule has 30 heavy (non-hydrogen) atoms. The van der Waals surface area contributed by atoms with E-state index in [4.69, 9.17) is 9.47 Å². The quantitative estimate of drug-likeness (QED) is 0.727. The van der Waals surface area contributed by atoms with Crippen LogP contribution in [0.2, 0.25) is 0 Å². The maximum atomic E-state index is 12.8. The van der Waals surface area contributed by atoms with Crippen molar-refractivity contribution in [1.29, 1.82) is 0 Å². The third-order valence-corrected chi connectivity index (χ3v) is 6.88. The van der Waals surface area contributed by atoms with E-state index in [0.717, 1.165) is 43.7 Å². The second-order valence-corrected chi connectivity index (χ2v) is 8.69. The van der Waals surface area contributed by atoms with E-state index in [-0.39, 0.29) is 30.2 Å². The van der Waals surface area contributed by atoms with E-state index in [9.17, 15) is 14.4 Å². The summed E-state index contributed by atoms with van der Waals surface area (Å²) < 4.78 is 11.8. The van der Waals surface area contributed by atoms with Crippen LogP contribution >= 0.6 is 0 Å². The predicted molar refractivity (Wildman–Crippen MR) is 107 cm³/mol. The first-order valence-electron chi connectivity index (χ1n) is 10.7. The molecule has 1 unspecified atom stereocenters. The van der Waals surface area contributed by atoms with Gasteiger partial charge in [0.1, 0.15) is 17.9 Å². The van der Waals surface area contributed by atoms with Gasteiger partial charge in [-0.3, -0.25) is 24.6 Å². The van der Waals surface area contributed by atoms with Gasteiger partial charge in [0.2, 0.25) is 11.8 Å². The number of hydrogen-bond donors (Lipinski definition) is 1. The number of fused-ring (bicyclic) bond motifs is 1. The number of amides is 3. The Morgan fingerprint density at radius 3 is 2.70 bits per heavy atom. The van der Waals surface area contributed by atoms with E-state index >= 15 is 0 Å². The normalized spacial score (nSPS) is 29.7. The third-order valence-electron chi connectivity index (χ3n) is 6.88. The summed E-state index contributed by atoms with van der Waals surface area (Å²) in [5, 5.41) is 2.34. The standard InChI is InChI=1S/C22H27N3O5/c1-29-15-11-24(12-15)17-3-2-4-19(17)30-14-5-6-16-13(9-14)10-25(22(16)28)18-7-8-20(26)23-21(18)27/h5-6,9,15,17-19H,2-4,7-8,10-12H2,1H3,(H,23,26,27)/t17-,18?,19-/m1/s1. The van der Waals surface area contributed by atoms with Gasteiger partial charge in [-0.15, -0.1) is 0 Å². The van der Waals surface area contributed by atoms with Crippen LogP contribution in [0.15, 0.2) is 18.2 Å². The van der Waals surface area contributed by atoms with Crippen LogP contribution in [0.3, 0.4) is 0 Å². The summed E-state index contributed by atoms with van der Waals surface area (Å²) in [7, 11) is 1.76. The largest absolute Gasteiger partial charge is 0.489 e. The molecule has 3 aliphatic heterocycles. The van der Waals surface area contributed by atoms with Crippen LogP contribution in [-0.4, -0.2) is 72.0 Å². The number of carbonyl (C=O) groups is 3. The number of nitrogens with zero attached hydrogens (tertiary/aromatic N) is 2. The molecule has 160 valence electrons. The van der Waals surface area contributed by atoms with Gasteiger partial charge in [0, 0.05) is 44.8 Å². The molecule has 0 bridgehead atoms.